The quantitative estimate of drug-likeness (QED) is 0.419. The number of aliphatic carboxylic acids is 1. The lowest BCUT2D eigenvalue weighted by Crippen LogP contribution is -2.30. The van der Waals surface area contributed by atoms with E-state index in [0.29, 0.717) is 25.6 Å². The molecule has 0 saturated heterocycles. The zero-order chi connectivity index (χ0) is 22.3. The third kappa shape index (κ3) is 6.67. The highest BCUT2D eigenvalue weighted by Gasteiger charge is 2.30. The first-order valence-corrected chi connectivity index (χ1v) is 11.7. The maximum atomic E-state index is 11.4. The summed E-state index contributed by atoms with van der Waals surface area (Å²) < 4.78 is 5.65. The molecule has 0 aliphatic heterocycles. The minimum absolute atomic E-state index is 0.473. The average Bonchev–Trinajstić information content (AvgIpc) is 3.20. The van der Waals surface area contributed by atoms with Gasteiger partial charge in [-0.15, -0.1) is 11.3 Å². The molecule has 3 aromatic rings. The second-order valence-electron chi connectivity index (χ2n) is 7.35. The van der Waals surface area contributed by atoms with E-state index in [1.165, 1.54) is 23.1 Å². The van der Waals surface area contributed by atoms with E-state index in [9.17, 15) is 9.90 Å². The number of thiazole rings is 1. The van der Waals surface area contributed by atoms with Crippen LogP contribution in [-0.2, 0) is 17.8 Å². The molecule has 0 bridgehead atoms. The number of thioether (sulfide) groups is 1. The Labute approximate surface area is 190 Å². The number of para-hydroxylation sites is 1. The Bertz CT molecular complexity index is 978. The number of aromatic nitrogens is 3. The SMILES string of the molecule is CCc1cnc(N(CCOc2ccccc2)Cc2csc(SC(C)(C)C(=O)O)n2)nc1. The van der Waals surface area contributed by atoms with E-state index in [4.69, 9.17) is 4.74 Å². The van der Waals surface area contributed by atoms with Crippen molar-refractivity contribution in [3.05, 3.63) is 59.4 Å². The van der Waals surface area contributed by atoms with Gasteiger partial charge in [0.15, 0.2) is 4.34 Å². The van der Waals surface area contributed by atoms with Crippen LogP contribution in [0, 0.1) is 0 Å². The van der Waals surface area contributed by atoms with Gasteiger partial charge >= 0.3 is 5.97 Å². The summed E-state index contributed by atoms with van der Waals surface area (Å²) >= 11 is 2.70. The second-order valence-corrected chi connectivity index (χ2v) is 10.1. The Morgan fingerprint density at radius 3 is 2.58 bits per heavy atom. The smallest absolute Gasteiger partial charge is 0.319 e. The molecule has 1 N–H and O–H groups in total. The number of hydrogen-bond donors (Lipinski definition) is 1. The Morgan fingerprint density at radius 1 is 1.23 bits per heavy atom. The lowest BCUT2D eigenvalue weighted by Gasteiger charge is -2.22. The van der Waals surface area contributed by atoms with Gasteiger partial charge in [-0.2, -0.15) is 0 Å². The molecule has 0 atom stereocenters. The second kappa shape index (κ2) is 10.6. The van der Waals surface area contributed by atoms with E-state index in [1.54, 1.807) is 13.8 Å². The van der Waals surface area contributed by atoms with Crippen molar-refractivity contribution in [2.24, 2.45) is 0 Å². The maximum Gasteiger partial charge on any atom is 0.319 e. The molecule has 0 aliphatic carbocycles. The van der Waals surface area contributed by atoms with E-state index < -0.39 is 10.7 Å². The lowest BCUT2D eigenvalue weighted by molar-refractivity contribution is -0.138. The summed E-state index contributed by atoms with van der Waals surface area (Å²) in [5.41, 5.74) is 1.92. The van der Waals surface area contributed by atoms with Crippen LogP contribution in [0.3, 0.4) is 0 Å². The summed E-state index contributed by atoms with van der Waals surface area (Å²) in [6.45, 7) is 6.99. The number of carboxylic acids is 1. The molecule has 7 nitrogen and oxygen atoms in total. The van der Waals surface area contributed by atoms with Crippen molar-refractivity contribution in [3.63, 3.8) is 0 Å². The minimum atomic E-state index is -0.933. The van der Waals surface area contributed by atoms with E-state index in [0.717, 1.165) is 27.8 Å². The number of aryl methyl sites for hydroxylation is 1. The van der Waals surface area contributed by atoms with Gasteiger partial charge in [0, 0.05) is 17.8 Å². The zero-order valence-electron chi connectivity index (χ0n) is 17.8. The van der Waals surface area contributed by atoms with Gasteiger partial charge < -0.3 is 14.7 Å². The molecule has 164 valence electrons. The van der Waals surface area contributed by atoms with Crippen molar-refractivity contribution in [2.75, 3.05) is 18.1 Å². The predicted molar refractivity (Wildman–Crippen MR) is 124 cm³/mol. The molecule has 0 spiro atoms. The molecule has 31 heavy (non-hydrogen) atoms. The summed E-state index contributed by atoms with van der Waals surface area (Å²) in [7, 11) is 0. The fraction of sp³-hybridized carbons (Fsp3) is 0.364. The number of ether oxygens (including phenoxy) is 1. The number of nitrogens with zero attached hydrogens (tertiary/aromatic N) is 4. The molecule has 0 fully saturated rings. The van der Waals surface area contributed by atoms with Gasteiger partial charge in [-0.25, -0.2) is 15.0 Å². The van der Waals surface area contributed by atoms with Crippen LogP contribution in [0.1, 0.15) is 32.0 Å². The van der Waals surface area contributed by atoms with Crippen molar-refractivity contribution in [1.29, 1.82) is 0 Å². The molecule has 3 rings (SSSR count). The summed E-state index contributed by atoms with van der Waals surface area (Å²) in [4.78, 5) is 27.1. The maximum absolute atomic E-state index is 11.4. The number of carbonyl (C=O) groups is 1. The first-order valence-electron chi connectivity index (χ1n) is 9.98. The molecule has 0 saturated carbocycles. The molecule has 2 aromatic heterocycles. The van der Waals surface area contributed by atoms with E-state index in [1.807, 2.05) is 53.0 Å². The summed E-state index contributed by atoms with van der Waals surface area (Å²) in [6, 6.07) is 9.67. The Hall–Kier alpha value is -2.65. The predicted octanol–water partition coefficient (Wildman–Crippen LogP) is 4.54. The molecular weight excluding hydrogens is 432 g/mol. The number of carboxylic acid groups (broad SMARTS) is 1. The topological polar surface area (TPSA) is 88.4 Å². The summed E-state index contributed by atoms with van der Waals surface area (Å²) in [5.74, 6) is 0.563. The third-order valence-electron chi connectivity index (χ3n) is 4.50. The van der Waals surface area contributed by atoms with Crippen molar-refractivity contribution in [2.45, 2.75) is 42.8 Å². The summed E-state index contributed by atoms with van der Waals surface area (Å²) in [5, 5.41) is 11.3. The highest BCUT2D eigenvalue weighted by molar-refractivity contribution is 8.02. The van der Waals surface area contributed by atoms with Gasteiger partial charge in [0.1, 0.15) is 17.1 Å². The number of anilines is 1. The minimum Gasteiger partial charge on any atom is -0.492 e. The molecular formula is C22H26N4O3S2. The van der Waals surface area contributed by atoms with Crippen molar-refractivity contribution in [1.82, 2.24) is 15.0 Å². The van der Waals surface area contributed by atoms with Crippen LogP contribution in [0.25, 0.3) is 0 Å². The van der Waals surface area contributed by atoms with Gasteiger partial charge in [0.2, 0.25) is 5.95 Å². The zero-order valence-corrected chi connectivity index (χ0v) is 19.4. The Morgan fingerprint density at radius 2 is 1.94 bits per heavy atom. The van der Waals surface area contributed by atoms with Crippen LogP contribution in [0.4, 0.5) is 5.95 Å². The number of rotatable bonds is 11. The fourth-order valence-corrected chi connectivity index (χ4v) is 4.78. The first-order chi connectivity index (χ1) is 14.9. The molecule has 1 aromatic carbocycles. The van der Waals surface area contributed by atoms with Crippen LogP contribution in [0.15, 0.2) is 52.4 Å². The Kier molecular flexibility index (Phi) is 7.86. The number of hydrogen-bond acceptors (Lipinski definition) is 8. The fourth-order valence-electron chi connectivity index (χ4n) is 2.60. The van der Waals surface area contributed by atoms with E-state index in [-0.39, 0.29) is 0 Å². The van der Waals surface area contributed by atoms with E-state index in [2.05, 4.69) is 21.9 Å². The van der Waals surface area contributed by atoms with Gasteiger partial charge in [0.25, 0.3) is 0 Å². The third-order valence-corrected chi connectivity index (χ3v) is 6.67. The Balaban J connectivity index is 1.70. The van der Waals surface area contributed by atoms with Crippen LogP contribution in [0.2, 0.25) is 0 Å². The van der Waals surface area contributed by atoms with Gasteiger partial charge in [-0.05, 0) is 38.0 Å². The molecule has 0 aliphatic rings. The normalized spacial score (nSPS) is 11.3. The number of benzene rings is 1. The van der Waals surface area contributed by atoms with Crippen LogP contribution in [0.5, 0.6) is 5.75 Å². The highest BCUT2D eigenvalue weighted by Crippen LogP contribution is 2.35. The van der Waals surface area contributed by atoms with Gasteiger partial charge in [0.05, 0.1) is 18.8 Å². The van der Waals surface area contributed by atoms with Crippen LogP contribution < -0.4 is 9.64 Å². The van der Waals surface area contributed by atoms with Crippen molar-refractivity contribution < 1.29 is 14.6 Å². The van der Waals surface area contributed by atoms with Crippen molar-refractivity contribution in [3.8, 4) is 5.75 Å². The van der Waals surface area contributed by atoms with Crippen molar-refractivity contribution >= 4 is 35.0 Å². The first kappa shape index (κ1) is 23.0. The van der Waals surface area contributed by atoms with Gasteiger partial charge in [-0.3, -0.25) is 4.79 Å². The van der Waals surface area contributed by atoms with Crippen LogP contribution in [-0.4, -0.2) is 43.9 Å². The molecule has 9 heteroatoms. The summed E-state index contributed by atoms with van der Waals surface area (Å²) in [6.07, 6.45) is 4.56. The van der Waals surface area contributed by atoms with E-state index >= 15 is 0 Å². The van der Waals surface area contributed by atoms with Crippen LogP contribution >= 0.6 is 23.1 Å². The molecule has 2 heterocycles. The molecule has 0 unspecified atom stereocenters. The molecule has 0 radical (unpaired) electrons. The largest absolute Gasteiger partial charge is 0.492 e. The standard InChI is InChI=1S/C22H26N4O3S2/c1-4-16-12-23-20(24-13-16)26(10-11-29-18-8-6-5-7-9-18)14-17-15-30-21(25-17)31-22(2,3)19(27)28/h5-9,12-13,15H,4,10-11,14H2,1-3H3,(H,27,28). The molecule has 0 amide bonds. The highest BCUT2D eigenvalue weighted by atomic mass is 32.2. The monoisotopic (exact) mass is 458 g/mol. The average molecular weight is 459 g/mol. The lowest BCUT2D eigenvalue weighted by atomic mass is 10.2. The van der Waals surface area contributed by atoms with Gasteiger partial charge in [-0.1, -0.05) is 36.9 Å².